The Hall–Kier alpha value is 0. The van der Waals surface area contributed by atoms with Crippen LogP contribution in [-0.2, 0) is 0 Å². The van der Waals surface area contributed by atoms with Crippen molar-refractivity contribution in [3.05, 3.63) is 12.8 Å². The fourth-order valence-electron chi connectivity index (χ4n) is 3.03. The highest BCUT2D eigenvalue weighted by Crippen LogP contribution is 2.15. The Morgan fingerprint density at radius 1 is 0.263 bits per heavy atom. The predicted molar refractivity (Wildman–Crippen MR) is 87.1 cm³/mol. The summed E-state index contributed by atoms with van der Waals surface area (Å²) in [6.07, 6.45) is 29.5. The molecular weight excluding hydrogens is 228 g/mol. The second-order valence-corrected chi connectivity index (χ2v) is 6.33. The molecule has 0 aliphatic heterocycles. The van der Waals surface area contributed by atoms with Gasteiger partial charge in [-0.05, 0) is 0 Å². The molecule has 0 heterocycles. The molecule has 0 aromatic heterocycles. The van der Waals surface area contributed by atoms with Gasteiger partial charge in [0.05, 0.1) is 0 Å². The molecule has 0 atom stereocenters. The second kappa shape index (κ2) is 14.4. The van der Waals surface area contributed by atoms with E-state index in [1.807, 2.05) is 0 Å². The van der Waals surface area contributed by atoms with E-state index < -0.39 is 0 Å². The minimum absolute atomic E-state index is 1.36. The molecule has 0 nitrogen and oxygen atoms in total. The first-order valence-corrected chi connectivity index (χ1v) is 9.13. The first-order chi connectivity index (χ1) is 9.50. The van der Waals surface area contributed by atoms with Gasteiger partial charge in [-0.3, -0.25) is 0 Å². The van der Waals surface area contributed by atoms with Gasteiger partial charge in [0.2, 0.25) is 0 Å². The topological polar surface area (TPSA) is 0 Å². The Balaban J connectivity index is 2.01. The van der Waals surface area contributed by atoms with E-state index in [1.165, 1.54) is 109 Å². The van der Waals surface area contributed by atoms with Crippen LogP contribution in [0, 0.1) is 12.8 Å². The molecule has 0 aromatic carbocycles. The molecule has 0 N–H and O–H groups in total. The van der Waals surface area contributed by atoms with Crippen LogP contribution in [0.3, 0.4) is 0 Å². The summed E-state index contributed by atoms with van der Waals surface area (Å²) in [6.45, 7) is 0. The van der Waals surface area contributed by atoms with Crippen molar-refractivity contribution in [3.8, 4) is 0 Å². The molecule has 0 unspecified atom stereocenters. The smallest absolute Gasteiger partial charge is 0.0533 e. The summed E-state index contributed by atoms with van der Waals surface area (Å²) in [4.78, 5) is 0. The minimum atomic E-state index is 1.36. The van der Waals surface area contributed by atoms with Crippen molar-refractivity contribution in [1.29, 1.82) is 0 Å². The summed E-state index contributed by atoms with van der Waals surface area (Å²) in [6, 6.07) is 0. The zero-order valence-electron chi connectivity index (χ0n) is 13.2. The van der Waals surface area contributed by atoms with Crippen LogP contribution in [0.15, 0.2) is 0 Å². The van der Waals surface area contributed by atoms with E-state index in [2.05, 4.69) is 12.8 Å². The van der Waals surface area contributed by atoms with Crippen molar-refractivity contribution in [2.75, 3.05) is 0 Å². The number of hydrogen-bond acceptors (Lipinski definition) is 0. The normalized spacial score (nSPS) is 24.0. The molecule has 1 rings (SSSR count). The molecule has 0 amide bonds. The second-order valence-electron chi connectivity index (χ2n) is 6.33. The van der Waals surface area contributed by atoms with Crippen LogP contribution in [0.5, 0.6) is 0 Å². The van der Waals surface area contributed by atoms with Crippen molar-refractivity contribution in [2.24, 2.45) is 0 Å². The Morgan fingerprint density at radius 3 is 0.789 bits per heavy atom. The van der Waals surface area contributed by atoms with Crippen molar-refractivity contribution in [1.82, 2.24) is 0 Å². The van der Waals surface area contributed by atoms with Crippen LogP contribution in [0.4, 0.5) is 0 Å². The maximum absolute atomic E-state index is 2.54. The van der Waals surface area contributed by atoms with Crippen LogP contribution < -0.4 is 0 Å². The number of hydrogen-bond donors (Lipinski definition) is 0. The summed E-state index contributed by atoms with van der Waals surface area (Å²) in [5.41, 5.74) is 0. The van der Waals surface area contributed by atoms with Gasteiger partial charge in [0.15, 0.2) is 0 Å². The molecular formula is C19H36-2. The summed E-state index contributed by atoms with van der Waals surface area (Å²) in [5.74, 6) is 0. The third-order valence-corrected chi connectivity index (χ3v) is 4.38. The zero-order chi connectivity index (χ0) is 13.4. The average Bonchev–Trinajstić information content (AvgIpc) is 2.43. The zero-order valence-corrected chi connectivity index (χ0v) is 13.2. The molecule has 0 heteroatoms. The minimum Gasteiger partial charge on any atom is -0.328 e. The van der Waals surface area contributed by atoms with Crippen LogP contribution in [0.1, 0.15) is 109 Å². The molecule has 0 spiro atoms. The molecule has 114 valence electrons. The first kappa shape index (κ1) is 17.1. The largest absolute Gasteiger partial charge is 0.328 e. The Bertz CT molecular complexity index is 80.7. The fraction of sp³-hybridized carbons (Fsp3) is 0.895. The van der Waals surface area contributed by atoms with Crippen LogP contribution >= 0.6 is 0 Å². The van der Waals surface area contributed by atoms with E-state index >= 15 is 0 Å². The van der Waals surface area contributed by atoms with E-state index in [1.54, 1.807) is 0 Å². The SMILES string of the molecule is [CH-]1CCCC[CH-]CCCCCCCCCCCCC1. The highest BCUT2D eigenvalue weighted by Gasteiger charge is 1.92. The van der Waals surface area contributed by atoms with Crippen molar-refractivity contribution < 1.29 is 0 Å². The monoisotopic (exact) mass is 264 g/mol. The lowest BCUT2D eigenvalue weighted by molar-refractivity contribution is 0.543. The third kappa shape index (κ3) is 12.8. The summed E-state index contributed by atoms with van der Waals surface area (Å²) < 4.78 is 0. The third-order valence-electron chi connectivity index (χ3n) is 4.38. The van der Waals surface area contributed by atoms with Gasteiger partial charge in [-0.1, -0.05) is 83.5 Å². The Kier molecular flexibility index (Phi) is 12.9. The summed E-state index contributed by atoms with van der Waals surface area (Å²) in [5, 5.41) is 0. The highest BCUT2D eigenvalue weighted by molar-refractivity contribution is 4.68. The Labute approximate surface area is 122 Å². The maximum Gasteiger partial charge on any atom is -0.0533 e. The van der Waals surface area contributed by atoms with Crippen LogP contribution in [0.2, 0.25) is 0 Å². The lowest BCUT2D eigenvalue weighted by Crippen LogP contribution is -1.84. The van der Waals surface area contributed by atoms with Gasteiger partial charge < -0.3 is 12.8 Å². The molecule has 0 saturated heterocycles. The molecule has 1 saturated carbocycles. The lowest BCUT2D eigenvalue weighted by Gasteiger charge is -2.14. The number of rotatable bonds is 0. The van der Waals surface area contributed by atoms with Crippen molar-refractivity contribution >= 4 is 0 Å². The van der Waals surface area contributed by atoms with E-state index in [9.17, 15) is 0 Å². The average molecular weight is 264 g/mol. The molecule has 0 bridgehead atoms. The van der Waals surface area contributed by atoms with Crippen LogP contribution in [0.25, 0.3) is 0 Å². The molecule has 1 aliphatic rings. The molecule has 1 fully saturated rings. The van der Waals surface area contributed by atoms with Gasteiger partial charge in [-0.15, -0.1) is 0 Å². The van der Waals surface area contributed by atoms with Crippen molar-refractivity contribution in [3.63, 3.8) is 0 Å². The fourth-order valence-corrected chi connectivity index (χ4v) is 3.03. The standard InChI is InChI=1S/C19H36/c1-2-4-6-8-10-12-14-16-18-19-17-15-13-11-9-7-5-3-1/h1,10H,2-9,11-19H2/q-2. The first-order valence-electron chi connectivity index (χ1n) is 9.13. The molecule has 19 heavy (non-hydrogen) atoms. The predicted octanol–water partition coefficient (Wildman–Crippen LogP) is 7.04. The molecule has 0 aromatic rings. The van der Waals surface area contributed by atoms with Gasteiger partial charge in [0, 0.05) is 0 Å². The van der Waals surface area contributed by atoms with Gasteiger partial charge in [-0.25, -0.2) is 0 Å². The quantitative estimate of drug-likeness (QED) is 0.411. The Morgan fingerprint density at radius 2 is 0.474 bits per heavy atom. The van der Waals surface area contributed by atoms with Gasteiger partial charge in [-0.2, -0.15) is 25.7 Å². The maximum atomic E-state index is 2.54. The lowest BCUT2D eigenvalue weighted by atomic mass is 10.0. The van der Waals surface area contributed by atoms with E-state index in [0.717, 1.165) is 0 Å². The van der Waals surface area contributed by atoms with E-state index in [0.29, 0.717) is 0 Å². The van der Waals surface area contributed by atoms with E-state index in [4.69, 9.17) is 0 Å². The van der Waals surface area contributed by atoms with Crippen molar-refractivity contribution in [2.45, 2.75) is 109 Å². The summed E-state index contributed by atoms with van der Waals surface area (Å²) >= 11 is 0. The molecule has 0 radical (unpaired) electrons. The molecule has 1 aliphatic carbocycles. The van der Waals surface area contributed by atoms with Gasteiger partial charge >= 0.3 is 0 Å². The van der Waals surface area contributed by atoms with Crippen LogP contribution in [-0.4, -0.2) is 0 Å². The summed E-state index contributed by atoms with van der Waals surface area (Å²) in [7, 11) is 0. The highest BCUT2D eigenvalue weighted by atomic mass is 14.0. The van der Waals surface area contributed by atoms with Gasteiger partial charge in [0.1, 0.15) is 0 Å². The van der Waals surface area contributed by atoms with E-state index in [-0.39, 0.29) is 0 Å². The van der Waals surface area contributed by atoms with Gasteiger partial charge in [0.25, 0.3) is 0 Å².